The lowest BCUT2D eigenvalue weighted by atomic mass is 10.1. The van der Waals surface area contributed by atoms with Crippen LogP contribution in [-0.4, -0.2) is 39.6 Å². The Morgan fingerprint density at radius 1 is 1.16 bits per heavy atom. The van der Waals surface area contributed by atoms with Crippen LogP contribution in [0.3, 0.4) is 0 Å². The van der Waals surface area contributed by atoms with Crippen LogP contribution in [0.5, 0.6) is 0 Å². The lowest BCUT2D eigenvalue weighted by Gasteiger charge is -2.30. The Balaban J connectivity index is 1.52. The molecule has 0 aliphatic carbocycles. The van der Waals surface area contributed by atoms with E-state index in [9.17, 15) is 9.59 Å². The van der Waals surface area contributed by atoms with Gasteiger partial charge in [0.1, 0.15) is 23.3 Å². The summed E-state index contributed by atoms with van der Waals surface area (Å²) in [5.74, 6) is 1.36. The summed E-state index contributed by atoms with van der Waals surface area (Å²) in [6.07, 6.45) is 3.35. The Hall–Kier alpha value is -3.31. The van der Waals surface area contributed by atoms with E-state index in [1.807, 2.05) is 9.80 Å². The highest BCUT2D eigenvalue weighted by molar-refractivity contribution is 7.99. The predicted octanol–water partition coefficient (Wildman–Crippen LogP) is 1.47. The van der Waals surface area contributed by atoms with Crippen molar-refractivity contribution in [1.82, 2.24) is 19.1 Å². The summed E-state index contributed by atoms with van der Waals surface area (Å²) in [4.78, 5) is 38.9. The third-order valence-electron chi connectivity index (χ3n) is 5.43. The maximum Gasteiger partial charge on any atom is 0.332 e. The second kappa shape index (κ2) is 7.43. The molecule has 1 N–H and O–H groups in total. The number of benzene rings is 1. The van der Waals surface area contributed by atoms with E-state index in [2.05, 4.69) is 33.5 Å². The van der Waals surface area contributed by atoms with Crippen molar-refractivity contribution in [3.8, 4) is 0 Å². The van der Waals surface area contributed by atoms with Gasteiger partial charge < -0.3 is 15.0 Å². The molecular weight excluding hydrogens is 418 g/mol. The van der Waals surface area contributed by atoms with Gasteiger partial charge in [-0.25, -0.2) is 14.8 Å². The molecule has 0 bridgehead atoms. The first-order valence-corrected chi connectivity index (χ1v) is 10.5. The maximum atomic E-state index is 12.5. The van der Waals surface area contributed by atoms with Gasteiger partial charge in [0, 0.05) is 45.0 Å². The van der Waals surface area contributed by atoms with E-state index in [-0.39, 0.29) is 11.2 Å². The minimum Gasteiger partial charge on any atom is -0.364 e. The fourth-order valence-corrected chi connectivity index (χ4v) is 4.96. The molecule has 0 amide bonds. The zero-order valence-electron chi connectivity index (χ0n) is 17.3. The van der Waals surface area contributed by atoms with Crippen molar-refractivity contribution in [3.05, 3.63) is 57.0 Å². The zero-order valence-corrected chi connectivity index (χ0v) is 18.1. The number of anilines is 4. The second-order valence-electron chi connectivity index (χ2n) is 7.37. The molecule has 2 aliphatic heterocycles. The Morgan fingerprint density at radius 2 is 1.97 bits per heavy atom. The molecule has 4 heterocycles. The molecule has 1 aromatic carbocycles. The fraction of sp³-hybridized carbons (Fsp3) is 0.300. The van der Waals surface area contributed by atoms with E-state index in [4.69, 9.17) is 4.74 Å². The van der Waals surface area contributed by atoms with Crippen molar-refractivity contribution in [2.24, 2.45) is 14.1 Å². The molecule has 2 aliphatic rings. The smallest absolute Gasteiger partial charge is 0.332 e. The first-order chi connectivity index (χ1) is 15.0. The highest BCUT2D eigenvalue weighted by Crippen LogP contribution is 2.46. The van der Waals surface area contributed by atoms with E-state index in [1.165, 1.54) is 11.6 Å². The molecule has 31 heavy (non-hydrogen) atoms. The van der Waals surface area contributed by atoms with Gasteiger partial charge in [0.25, 0.3) is 5.56 Å². The molecule has 11 heteroatoms. The van der Waals surface area contributed by atoms with Gasteiger partial charge >= 0.3 is 5.69 Å². The number of aromatic nitrogens is 4. The van der Waals surface area contributed by atoms with Gasteiger partial charge in [0.05, 0.1) is 12.4 Å². The van der Waals surface area contributed by atoms with E-state index in [0.29, 0.717) is 31.4 Å². The zero-order chi connectivity index (χ0) is 21.7. The normalized spacial score (nSPS) is 14.2. The molecular formula is C20H21N7O3S. The Kier molecular flexibility index (Phi) is 4.71. The summed E-state index contributed by atoms with van der Waals surface area (Å²) in [6.45, 7) is 1.33. The highest BCUT2D eigenvalue weighted by atomic mass is 32.2. The topological polar surface area (TPSA) is 97.5 Å². The van der Waals surface area contributed by atoms with Gasteiger partial charge in [0.2, 0.25) is 0 Å². The van der Waals surface area contributed by atoms with Crippen molar-refractivity contribution in [1.29, 1.82) is 0 Å². The molecule has 0 saturated carbocycles. The fourth-order valence-electron chi connectivity index (χ4n) is 3.97. The third-order valence-corrected chi connectivity index (χ3v) is 6.48. The molecule has 0 spiro atoms. The van der Waals surface area contributed by atoms with Gasteiger partial charge in [-0.15, -0.1) is 0 Å². The van der Waals surface area contributed by atoms with Crippen molar-refractivity contribution in [3.63, 3.8) is 0 Å². The Labute approximate surface area is 182 Å². The lowest BCUT2D eigenvalue weighted by molar-refractivity contribution is 0.204. The first kappa shape index (κ1) is 19.6. The number of rotatable bonds is 4. The summed E-state index contributed by atoms with van der Waals surface area (Å²) < 4.78 is 8.05. The molecule has 0 unspecified atom stereocenters. The Morgan fingerprint density at radius 3 is 2.77 bits per heavy atom. The van der Waals surface area contributed by atoms with Crippen molar-refractivity contribution < 1.29 is 4.74 Å². The number of nitrogens with one attached hydrogen (secondary N) is 1. The van der Waals surface area contributed by atoms with Crippen LogP contribution in [0.1, 0.15) is 5.56 Å². The summed E-state index contributed by atoms with van der Waals surface area (Å²) in [6, 6.07) is 6.20. The van der Waals surface area contributed by atoms with E-state index >= 15 is 0 Å². The molecule has 2 aromatic heterocycles. The van der Waals surface area contributed by atoms with Crippen molar-refractivity contribution in [2.75, 3.05) is 35.6 Å². The molecule has 0 saturated heterocycles. The van der Waals surface area contributed by atoms with Gasteiger partial charge in [0.15, 0.2) is 5.82 Å². The molecule has 0 radical (unpaired) electrons. The van der Waals surface area contributed by atoms with E-state index in [1.54, 1.807) is 38.3 Å². The van der Waals surface area contributed by atoms with Crippen LogP contribution in [0.25, 0.3) is 0 Å². The summed E-state index contributed by atoms with van der Waals surface area (Å²) in [7, 11) is 4.82. The average molecular weight is 440 g/mol. The van der Waals surface area contributed by atoms with Crippen LogP contribution in [0.2, 0.25) is 0 Å². The van der Waals surface area contributed by atoms with Gasteiger partial charge in [-0.1, -0.05) is 17.8 Å². The number of nitrogens with zero attached hydrogens (tertiary/aromatic N) is 6. The largest absolute Gasteiger partial charge is 0.364 e. The second-order valence-corrected chi connectivity index (χ2v) is 8.40. The first-order valence-electron chi connectivity index (χ1n) is 9.66. The summed E-state index contributed by atoms with van der Waals surface area (Å²) >= 11 is 1.57. The number of hydrogen-bond donors (Lipinski definition) is 1. The third kappa shape index (κ3) is 3.08. The van der Waals surface area contributed by atoms with Gasteiger partial charge in [-0.05, 0) is 17.7 Å². The molecule has 5 rings (SSSR count). The molecule has 0 fully saturated rings. The predicted molar refractivity (Wildman–Crippen MR) is 118 cm³/mol. The van der Waals surface area contributed by atoms with Crippen LogP contribution >= 0.6 is 11.8 Å². The number of ether oxygens (including phenoxy) is 1. The lowest BCUT2D eigenvalue weighted by Crippen LogP contribution is -2.38. The van der Waals surface area contributed by atoms with Crippen LogP contribution in [0.4, 0.5) is 23.0 Å². The summed E-state index contributed by atoms with van der Waals surface area (Å²) in [5, 5.41) is 3.97. The van der Waals surface area contributed by atoms with E-state index in [0.717, 1.165) is 31.6 Å². The number of methoxy groups -OCH3 is 1. The standard InChI is InChI=1S/C20H21N7O3S/c1-24-18-15(19(28)25(2)20(24)29)23-10-26(18)9-12-4-5-14-13(8-12)27(11-30-3)16-17(31-14)22-7-6-21-16/h4-8,23H,9-11H2,1-3H3. The molecule has 160 valence electrons. The number of fused-ring (bicyclic) bond motifs is 3. The van der Waals surface area contributed by atoms with Crippen LogP contribution in [0.15, 0.2) is 50.1 Å². The monoisotopic (exact) mass is 439 g/mol. The van der Waals surface area contributed by atoms with E-state index < -0.39 is 0 Å². The van der Waals surface area contributed by atoms with Crippen LogP contribution < -0.4 is 26.4 Å². The van der Waals surface area contributed by atoms with Crippen molar-refractivity contribution in [2.45, 2.75) is 16.5 Å². The van der Waals surface area contributed by atoms with Crippen LogP contribution in [-0.2, 0) is 25.4 Å². The summed E-state index contributed by atoms with van der Waals surface area (Å²) in [5.41, 5.74) is 1.81. The maximum absolute atomic E-state index is 12.5. The average Bonchev–Trinajstić information content (AvgIpc) is 3.20. The number of hydrogen-bond acceptors (Lipinski definition) is 9. The Bertz CT molecular complexity index is 1300. The molecule has 0 atom stereocenters. The molecule has 3 aromatic rings. The van der Waals surface area contributed by atoms with Gasteiger partial charge in [-0.3, -0.25) is 18.8 Å². The van der Waals surface area contributed by atoms with Crippen molar-refractivity contribution >= 4 is 34.8 Å². The SMILES string of the molecule is COCN1c2cc(CN3CNc4c3n(C)c(=O)n(C)c4=O)ccc2Sc2nccnc21. The molecule has 10 nitrogen and oxygen atoms in total. The highest BCUT2D eigenvalue weighted by Gasteiger charge is 2.29. The quantitative estimate of drug-likeness (QED) is 0.648. The minimum absolute atomic E-state index is 0.316. The minimum atomic E-state index is -0.347. The van der Waals surface area contributed by atoms with Gasteiger partial charge in [-0.2, -0.15) is 0 Å². The van der Waals surface area contributed by atoms with Crippen LogP contribution in [0, 0.1) is 0 Å².